The van der Waals surface area contributed by atoms with Crippen molar-refractivity contribution in [3.05, 3.63) is 56.7 Å². The van der Waals surface area contributed by atoms with E-state index in [1.54, 1.807) is 23.7 Å². The number of anilines is 2. The largest absolute Gasteiger partial charge is 0.463 e. The number of nitrogens with two attached hydrogens (primary N) is 1. The summed E-state index contributed by atoms with van der Waals surface area (Å²) in [5.41, 5.74) is 4.37. The fraction of sp³-hybridized carbons (Fsp3) is 0.533. The molecular weight excluding hydrogens is 670 g/mol. The van der Waals surface area contributed by atoms with E-state index in [2.05, 4.69) is 20.4 Å². The topological polar surface area (TPSA) is 124 Å². The van der Waals surface area contributed by atoms with Gasteiger partial charge in [0.2, 0.25) is 0 Å². The first kappa shape index (κ1) is 35.5. The highest BCUT2D eigenvalue weighted by Gasteiger charge is 2.57. The van der Waals surface area contributed by atoms with E-state index >= 15 is 4.39 Å². The van der Waals surface area contributed by atoms with Gasteiger partial charge in [-0.15, -0.1) is 0 Å². The van der Waals surface area contributed by atoms with Gasteiger partial charge in [0, 0.05) is 51.2 Å². The molecule has 2 aliphatic heterocycles. The summed E-state index contributed by atoms with van der Waals surface area (Å²) in [6.45, 7) is 0.290. The van der Waals surface area contributed by atoms with Gasteiger partial charge in [0.05, 0.1) is 52.8 Å². The van der Waals surface area contributed by atoms with Crippen LogP contribution in [0.1, 0.15) is 57.5 Å². The quantitative estimate of drug-likeness (QED) is 0.274. The van der Waals surface area contributed by atoms with Crippen LogP contribution in [0.5, 0.6) is 6.01 Å². The molecule has 2 atom stereocenters. The molecule has 1 saturated carbocycles. The average molecular weight is 705 g/mol. The Morgan fingerprint density at radius 3 is 2.54 bits per heavy atom. The Kier molecular flexibility index (Phi) is 10.0. The van der Waals surface area contributed by atoms with Crippen molar-refractivity contribution in [1.82, 2.24) is 30.0 Å². The number of nitrogen functional groups attached to an aromatic ring is 1. The maximum absolute atomic E-state index is 15.1. The van der Waals surface area contributed by atoms with Crippen molar-refractivity contribution in [3.8, 4) is 6.01 Å². The van der Waals surface area contributed by atoms with Gasteiger partial charge in [-0.25, -0.2) is 13.2 Å². The number of nitrogens with one attached hydrogen (secondary N) is 1. The molecule has 1 aliphatic carbocycles. The number of hydrogen-bond donors (Lipinski definition) is 2. The van der Waals surface area contributed by atoms with Crippen molar-refractivity contribution in [3.63, 3.8) is 0 Å². The third kappa shape index (κ3) is 7.12. The molecule has 262 valence electrons. The molecular formula is C30H35ClF6N8O3. The first-order valence-corrected chi connectivity index (χ1v) is 15.4. The van der Waals surface area contributed by atoms with Crippen LogP contribution in [0.2, 0.25) is 5.02 Å². The first-order valence-electron chi connectivity index (χ1n) is 15.0. The number of carbonyl (C=O) groups excluding carboxylic acids is 1. The highest BCUT2D eigenvalue weighted by molar-refractivity contribution is 6.34. The number of hydrogen-bond acceptors (Lipinski definition) is 9. The van der Waals surface area contributed by atoms with Gasteiger partial charge in [0.15, 0.2) is 11.5 Å². The number of nitrogens with zero attached hydrogens (tertiary/aromatic N) is 6. The predicted octanol–water partition coefficient (Wildman–Crippen LogP) is 4.86. The second kappa shape index (κ2) is 13.6. The Bertz CT molecular complexity index is 1690. The first-order chi connectivity index (χ1) is 22.6. The number of aromatic nitrogens is 4. The molecule has 11 nitrogen and oxygen atoms in total. The van der Waals surface area contributed by atoms with Gasteiger partial charge in [0.25, 0.3) is 11.8 Å². The normalized spacial score (nSPS) is 19.8. The molecule has 0 saturated heterocycles. The second-order valence-electron chi connectivity index (χ2n) is 12.0. The number of ether oxygens (including phenoxy) is 2. The standard InChI is InChI=1S/C28H28ClF6N7O3.C2H7N/c1-40(2)25(43)23-21(29)18-10-41(6-3-7-42(18)39-23)24-14-12-44-19(20-15(28(33,34)35)4-5-16(36)22(20)30)8-17(14)37-26(38-24)45-11-13-9-27(13,31)32;1-3-2/h4-5,13,19H,3,6-12,36H2,1-2H3;3H,1-2H3. The Labute approximate surface area is 277 Å². The lowest BCUT2D eigenvalue weighted by Crippen LogP contribution is -2.29. The lowest BCUT2D eigenvalue weighted by molar-refractivity contribution is -0.140. The van der Waals surface area contributed by atoms with E-state index in [1.165, 1.54) is 4.90 Å². The zero-order chi connectivity index (χ0) is 35.1. The fourth-order valence-electron chi connectivity index (χ4n) is 5.55. The monoisotopic (exact) mass is 704 g/mol. The van der Waals surface area contributed by atoms with Crippen LogP contribution in [0.4, 0.5) is 37.8 Å². The molecule has 0 radical (unpaired) electrons. The predicted molar refractivity (Wildman–Crippen MR) is 164 cm³/mol. The van der Waals surface area contributed by atoms with Crippen molar-refractivity contribution in [1.29, 1.82) is 0 Å². The van der Waals surface area contributed by atoms with E-state index in [0.29, 0.717) is 36.8 Å². The maximum Gasteiger partial charge on any atom is 0.416 e. The van der Waals surface area contributed by atoms with Crippen LogP contribution in [0.15, 0.2) is 12.1 Å². The van der Waals surface area contributed by atoms with Crippen molar-refractivity contribution < 1.29 is 40.6 Å². The number of alkyl halides is 5. The Balaban J connectivity index is 0.00000145. The third-order valence-corrected chi connectivity index (χ3v) is 8.50. The second-order valence-corrected chi connectivity index (χ2v) is 12.3. The molecule has 0 bridgehead atoms. The molecule has 18 heteroatoms. The molecule has 1 aromatic carbocycles. The summed E-state index contributed by atoms with van der Waals surface area (Å²) in [6, 6.07) is 1.27. The zero-order valence-electron chi connectivity index (χ0n) is 26.6. The molecule has 1 amide bonds. The molecule has 3 aromatic rings. The number of amides is 1. The van der Waals surface area contributed by atoms with Crippen molar-refractivity contribution >= 4 is 29.0 Å². The van der Waals surface area contributed by atoms with Crippen LogP contribution >= 0.6 is 11.6 Å². The molecule has 48 heavy (non-hydrogen) atoms. The summed E-state index contributed by atoms with van der Waals surface area (Å²) in [4.78, 5) is 24.7. The van der Waals surface area contributed by atoms with Crippen molar-refractivity contribution in [2.75, 3.05) is 52.0 Å². The zero-order valence-corrected chi connectivity index (χ0v) is 27.4. The Hall–Kier alpha value is -3.83. The van der Waals surface area contributed by atoms with Gasteiger partial charge in [-0.2, -0.15) is 28.2 Å². The van der Waals surface area contributed by atoms with E-state index in [-0.39, 0.29) is 66.7 Å². The molecule has 6 rings (SSSR count). The molecule has 2 aromatic heterocycles. The van der Waals surface area contributed by atoms with Crippen molar-refractivity contribution in [2.45, 2.75) is 57.2 Å². The number of fused-ring (bicyclic) bond motifs is 2. The summed E-state index contributed by atoms with van der Waals surface area (Å²) in [7, 11) is 6.89. The minimum atomic E-state index is -4.89. The Morgan fingerprint density at radius 1 is 1.23 bits per heavy atom. The highest BCUT2D eigenvalue weighted by Crippen LogP contribution is 2.49. The van der Waals surface area contributed by atoms with E-state index in [0.717, 1.165) is 6.07 Å². The van der Waals surface area contributed by atoms with E-state index < -0.39 is 46.8 Å². The summed E-state index contributed by atoms with van der Waals surface area (Å²) in [5.74, 6) is -5.24. The van der Waals surface area contributed by atoms with Crippen LogP contribution in [0, 0.1) is 11.7 Å². The van der Waals surface area contributed by atoms with Crippen LogP contribution in [-0.4, -0.2) is 77.8 Å². The summed E-state index contributed by atoms with van der Waals surface area (Å²) in [5, 5.41) is 7.30. The summed E-state index contributed by atoms with van der Waals surface area (Å²) in [6.07, 6.45) is -6.43. The third-order valence-electron chi connectivity index (χ3n) is 8.10. The molecule has 4 heterocycles. The SMILES string of the molecule is CN(C)C(=O)c1nn2c(c1Cl)CN(c1nc(OCC3CC3(F)F)nc3c1COC(c1c(C(F)(F)F)ccc(N)c1F)C3)CCC2.CNC. The van der Waals surface area contributed by atoms with E-state index in [9.17, 15) is 26.7 Å². The lowest BCUT2D eigenvalue weighted by Gasteiger charge is -2.31. The van der Waals surface area contributed by atoms with Gasteiger partial charge in [-0.3, -0.25) is 9.48 Å². The minimum absolute atomic E-state index is 0.0772. The average Bonchev–Trinajstić information content (AvgIpc) is 3.61. The van der Waals surface area contributed by atoms with Crippen LogP contribution in [-0.2, 0) is 37.0 Å². The molecule has 2 unspecified atom stereocenters. The van der Waals surface area contributed by atoms with Gasteiger partial charge in [0.1, 0.15) is 12.4 Å². The Morgan fingerprint density at radius 2 is 1.92 bits per heavy atom. The lowest BCUT2D eigenvalue weighted by atomic mass is 9.94. The molecule has 3 aliphatic rings. The smallest absolute Gasteiger partial charge is 0.416 e. The summed E-state index contributed by atoms with van der Waals surface area (Å²) < 4.78 is 97.0. The van der Waals surface area contributed by atoms with Gasteiger partial charge >= 0.3 is 12.2 Å². The minimum Gasteiger partial charge on any atom is -0.463 e. The van der Waals surface area contributed by atoms with Gasteiger partial charge in [-0.05, 0) is 32.6 Å². The molecule has 0 spiro atoms. The van der Waals surface area contributed by atoms with E-state index in [1.807, 2.05) is 14.1 Å². The van der Waals surface area contributed by atoms with Crippen molar-refractivity contribution in [2.24, 2.45) is 5.92 Å². The van der Waals surface area contributed by atoms with Crippen LogP contribution < -0.4 is 20.7 Å². The van der Waals surface area contributed by atoms with Crippen LogP contribution in [0.25, 0.3) is 0 Å². The number of aryl methyl sites for hydroxylation is 1. The fourth-order valence-corrected chi connectivity index (χ4v) is 5.83. The molecule has 3 N–H and O–H groups in total. The van der Waals surface area contributed by atoms with Gasteiger partial charge in [-0.1, -0.05) is 11.6 Å². The molecule has 1 fully saturated rings. The maximum atomic E-state index is 15.1. The summed E-state index contributed by atoms with van der Waals surface area (Å²) >= 11 is 6.62. The number of benzene rings is 1. The van der Waals surface area contributed by atoms with E-state index in [4.69, 9.17) is 26.8 Å². The number of halogens is 7. The van der Waals surface area contributed by atoms with Crippen LogP contribution in [0.3, 0.4) is 0 Å². The highest BCUT2D eigenvalue weighted by atomic mass is 35.5. The number of carbonyl (C=O) groups is 1. The number of rotatable bonds is 6. The van der Waals surface area contributed by atoms with Gasteiger partial charge < -0.3 is 30.3 Å².